The van der Waals surface area contributed by atoms with Gasteiger partial charge in [0.2, 0.25) is 0 Å². The first kappa shape index (κ1) is 9.84. The maximum absolute atomic E-state index is 10.7. The molecule has 0 unspecified atom stereocenters. The highest BCUT2D eigenvalue weighted by Crippen LogP contribution is 2.22. The summed E-state index contributed by atoms with van der Waals surface area (Å²) in [5.74, 6) is 0.784. The smallest absolute Gasteiger partial charge is 0.170 e. The maximum atomic E-state index is 10.7. The number of aldehydes is 1. The van der Waals surface area contributed by atoms with Crippen LogP contribution in [0.25, 0.3) is 16.6 Å². The predicted octanol–water partition coefficient (Wildman–Crippen LogP) is 2.31. The lowest BCUT2D eigenvalue weighted by Crippen LogP contribution is -1.88. The number of carbonyl (C=O) groups is 1. The largest absolute Gasteiger partial charge is 0.497 e. The van der Waals surface area contributed by atoms with Gasteiger partial charge in [-0.05, 0) is 29.7 Å². The Labute approximate surface area is 97.5 Å². The molecule has 0 N–H and O–H groups in total. The third-order valence-electron chi connectivity index (χ3n) is 2.78. The highest BCUT2D eigenvalue weighted by Gasteiger charge is 2.05. The first-order valence-electron chi connectivity index (χ1n) is 5.23. The summed E-state index contributed by atoms with van der Waals surface area (Å²) < 4.78 is 7.09. The molecule has 84 valence electrons. The molecule has 3 rings (SSSR count). The molecule has 2 aromatic heterocycles. The van der Waals surface area contributed by atoms with E-state index in [4.69, 9.17) is 4.74 Å². The number of nitrogens with zero attached hydrogens (tertiary/aromatic N) is 2. The summed E-state index contributed by atoms with van der Waals surface area (Å²) >= 11 is 0. The summed E-state index contributed by atoms with van der Waals surface area (Å²) in [7, 11) is 1.63. The van der Waals surface area contributed by atoms with E-state index >= 15 is 0 Å². The number of aromatic nitrogens is 2. The molecule has 1 aromatic carbocycles. The van der Waals surface area contributed by atoms with Crippen LogP contribution in [0, 0.1) is 0 Å². The van der Waals surface area contributed by atoms with Gasteiger partial charge in [-0.15, -0.1) is 0 Å². The second-order valence-electron chi connectivity index (χ2n) is 3.77. The quantitative estimate of drug-likeness (QED) is 0.630. The van der Waals surface area contributed by atoms with E-state index in [1.807, 2.05) is 34.7 Å². The molecule has 0 aliphatic rings. The molecule has 0 spiro atoms. The van der Waals surface area contributed by atoms with Crippen molar-refractivity contribution >= 4 is 22.8 Å². The first-order chi connectivity index (χ1) is 8.31. The average molecular weight is 226 g/mol. The van der Waals surface area contributed by atoms with Crippen molar-refractivity contribution in [2.24, 2.45) is 0 Å². The van der Waals surface area contributed by atoms with Crippen molar-refractivity contribution in [3.05, 3.63) is 42.2 Å². The number of pyridine rings is 1. The van der Waals surface area contributed by atoms with Crippen molar-refractivity contribution in [1.82, 2.24) is 9.38 Å². The molecule has 4 heteroatoms. The van der Waals surface area contributed by atoms with Gasteiger partial charge >= 0.3 is 0 Å². The Balaban J connectivity index is 2.42. The number of benzene rings is 1. The Morgan fingerprint density at radius 2 is 2.12 bits per heavy atom. The van der Waals surface area contributed by atoms with Crippen molar-refractivity contribution in [1.29, 1.82) is 0 Å². The fourth-order valence-corrected chi connectivity index (χ4v) is 1.95. The number of rotatable bonds is 2. The zero-order chi connectivity index (χ0) is 11.8. The van der Waals surface area contributed by atoms with Crippen LogP contribution in [-0.2, 0) is 0 Å². The van der Waals surface area contributed by atoms with E-state index in [9.17, 15) is 4.79 Å². The lowest BCUT2D eigenvalue weighted by Gasteiger charge is -2.04. The molecule has 0 saturated carbocycles. The Bertz CT molecular complexity index is 716. The van der Waals surface area contributed by atoms with Crippen LogP contribution in [0.5, 0.6) is 5.75 Å². The SMILES string of the molecule is COc1ccc2ccc3nc(C=O)cn3c2c1. The second kappa shape index (κ2) is 3.59. The van der Waals surface area contributed by atoms with E-state index in [1.54, 1.807) is 13.3 Å². The molecular weight excluding hydrogens is 216 g/mol. The number of methoxy groups -OCH3 is 1. The van der Waals surface area contributed by atoms with Gasteiger partial charge < -0.3 is 4.74 Å². The van der Waals surface area contributed by atoms with Gasteiger partial charge in [-0.3, -0.25) is 9.20 Å². The minimum absolute atomic E-state index is 0.431. The monoisotopic (exact) mass is 226 g/mol. The zero-order valence-corrected chi connectivity index (χ0v) is 9.25. The van der Waals surface area contributed by atoms with Gasteiger partial charge in [0.25, 0.3) is 0 Å². The summed E-state index contributed by atoms with van der Waals surface area (Å²) in [5, 5.41) is 1.08. The van der Waals surface area contributed by atoms with Crippen LogP contribution < -0.4 is 4.74 Å². The van der Waals surface area contributed by atoms with E-state index in [2.05, 4.69) is 4.98 Å². The van der Waals surface area contributed by atoms with E-state index in [-0.39, 0.29) is 0 Å². The number of imidazole rings is 1. The molecule has 17 heavy (non-hydrogen) atoms. The summed E-state index contributed by atoms with van der Waals surface area (Å²) in [6, 6.07) is 9.69. The molecule has 0 saturated heterocycles. The normalized spacial score (nSPS) is 10.9. The number of carbonyl (C=O) groups excluding carboxylic acids is 1. The topological polar surface area (TPSA) is 43.6 Å². The number of hydrogen-bond acceptors (Lipinski definition) is 3. The molecule has 3 aromatic rings. The van der Waals surface area contributed by atoms with Gasteiger partial charge in [0, 0.05) is 12.3 Å². The summed E-state index contributed by atoms with van der Waals surface area (Å²) in [6.07, 6.45) is 2.48. The van der Waals surface area contributed by atoms with Crippen LogP contribution in [0.15, 0.2) is 36.5 Å². The van der Waals surface area contributed by atoms with Gasteiger partial charge in [0.15, 0.2) is 6.29 Å². The van der Waals surface area contributed by atoms with Crippen LogP contribution in [-0.4, -0.2) is 22.8 Å². The van der Waals surface area contributed by atoms with Gasteiger partial charge in [-0.2, -0.15) is 0 Å². The van der Waals surface area contributed by atoms with Crippen molar-refractivity contribution in [3.8, 4) is 5.75 Å². The van der Waals surface area contributed by atoms with E-state index in [0.29, 0.717) is 5.69 Å². The zero-order valence-electron chi connectivity index (χ0n) is 9.25. The molecule has 0 aliphatic heterocycles. The minimum Gasteiger partial charge on any atom is -0.497 e. The van der Waals surface area contributed by atoms with Crippen LogP contribution >= 0.6 is 0 Å². The lowest BCUT2D eigenvalue weighted by atomic mass is 10.2. The summed E-state index contributed by atoms with van der Waals surface area (Å²) in [4.78, 5) is 14.9. The predicted molar refractivity (Wildman–Crippen MR) is 64.6 cm³/mol. The third-order valence-corrected chi connectivity index (χ3v) is 2.78. The molecule has 2 heterocycles. The van der Waals surface area contributed by atoms with Crippen molar-refractivity contribution < 1.29 is 9.53 Å². The fraction of sp³-hybridized carbons (Fsp3) is 0.0769. The minimum atomic E-state index is 0.431. The first-order valence-corrected chi connectivity index (χ1v) is 5.23. The number of fused-ring (bicyclic) bond motifs is 3. The van der Waals surface area contributed by atoms with Crippen LogP contribution in [0.4, 0.5) is 0 Å². The van der Waals surface area contributed by atoms with E-state index in [0.717, 1.165) is 28.6 Å². The van der Waals surface area contributed by atoms with E-state index in [1.165, 1.54) is 0 Å². The standard InChI is InChI=1S/C13H10N2O2/c1-17-11-4-2-9-3-5-13-14-10(8-16)7-15(13)12(9)6-11/h2-8H,1H3. The Kier molecular flexibility index (Phi) is 2.08. The van der Waals surface area contributed by atoms with Crippen LogP contribution in [0.1, 0.15) is 10.5 Å². The Morgan fingerprint density at radius 1 is 1.29 bits per heavy atom. The highest BCUT2D eigenvalue weighted by molar-refractivity contribution is 5.84. The summed E-state index contributed by atoms with van der Waals surface area (Å²) in [6.45, 7) is 0. The van der Waals surface area contributed by atoms with Gasteiger partial charge in [0.05, 0.1) is 12.6 Å². The van der Waals surface area contributed by atoms with Crippen LogP contribution in [0.2, 0.25) is 0 Å². The molecule has 0 aliphatic carbocycles. The average Bonchev–Trinajstić information content (AvgIpc) is 2.81. The third kappa shape index (κ3) is 1.45. The molecule has 0 radical (unpaired) electrons. The number of hydrogen-bond donors (Lipinski definition) is 0. The molecule has 0 bridgehead atoms. The molecule has 0 amide bonds. The molecule has 4 nitrogen and oxygen atoms in total. The van der Waals surface area contributed by atoms with Gasteiger partial charge in [-0.25, -0.2) is 4.98 Å². The van der Waals surface area contributed by atoms with Crippen molar-refractivity contribution in [3.63, 3.8) is 0 Å². The second-order valence-corrected chi connectivity index (χ2v) is 3.77. The van der Waals surface area contributed by atoms with Crippen molar-refractivity contribution in [2.75, 3.05) is 7.11 Å². The number of ether oxygens (including phenoxy) is 1. The van der Waals surface area contributed by atoms with Gasteiger partial charge in [0.1, 0.15) is 17.1 Å². The molecule has 0 fully saturated rings. The van der Waals surface area contributed by atoms with Crippen molar-refractivity contribution in [2.45, 2.75) is 0 Å². The fourth-order valence-electron chi connectivity index (χ4n) is 1.95. The molecule has 0 atom stereocenters. The Morgan fingerprint density at radius 3 is 2.88 bits per heavy atom. The lowest BCUT2D eigenvalue weighted by molar-refractivity contribution is 0.111. The highest BCUT2D eigenvalue weighted by atomic mass is 16.5. The van der Waals surface area contributed by atoms with Crippen LogP contribution in [0.3, 0.4) is 0 Å². The molecular formula is C13H10N2O2. The van der Waals surface area contributed by atoms with Gasteiger partial charge in [-0.1, -0.05) is 0 Å². The van der Waals surface area contributed by atoms with E-state index < -0.39 is 0 Å². The Hall–Kier alpha value is -2.36. The summed E-state index contributed by atoms with van der Waals surface area (Å²) in [5.41, 5.74) is 2.16. The maximum Gasteiger partial charge on any atom is 0.170 e.